The van der Waals surface area contributed by atoms with Gasteiger partial charge in [-0.2, -0.15) is 5.26 Å². The molecule has 0 saturated heterocycles. The number of unbranched alkanes of at least 4 members (excludes halogenated alkanes) is 1. The van der Waals surface area contributed by atoms with E-state index in [0.29, 0.717) is 29.8 Å². The summed E-state index contributed by atoms with van der Waals surface area (Å²) in [4.78, 5) is 35.6. The molecule has 30 heavy (non-hydrogen) atoms. The minimum Gasteiger partial charge on any atom is -0.462 e. The number of amides is 1. The van der Waals surface area contributed by atoms with Gasteiger partial charge in [-0.3, -0.25) is 9.59 Å². The molecule has 2 aromatic rings. The first-order valence-corrected chi connectivity index (χ1v) is 9.73. The molecule has 0 aromatic heterocycles. The average Bonchev–Trinajstić information content (AvgIpc) is 2.77. The molecule has 0 aliphatic heterocycles. The van der Waals surface area contributed by atoms with Crippen molar-refractivity contribution in [2.24, 2.45) is 0 Å². The van der Waals surface area contributed by atoms with Crippen LogP contribution in [0.5, 0.6) is 0 Å². The van der Waals surface area contributed by atoms with Crippen LogP contribution in [-0.4, -0.2) is 31.1 Å². The maximum absolute atomic E-state index is 11.9. The SMILES string of the molecule is CCCCOC(=O)c1ccc(NC(=O)COC(=O)CCc2ccc(C#N)cc2)cc1. The van der Waals surface area contributed by atoms with E-state index in [9.17, 15) is 14.4 Å². The van der Waals surface area contributed by atoms with Crippen molar-refractivity contribution in [2.75, 3.05) is 18.5 Å². The Kier molecular flexibility index (Phi) is 9.07. The molecular weight excluding hydrogens is 384 g/mol. The van der Waals surface area contributed by atoms with Crippen molar-refractivity contribution in [2.45, 2.75) is 32.6 Å². The number of aryl methyl sites for hydroxylation is 1. The standard InChI is InChI=1S/C23H24N2O5/c1-2-3-14-29-23(28)19-9-11-20(12-10-19)25-21(26)16-30-22(27)13-8-17-4-6-18(15-24)7-5-17/h4-7,9-12H,2-3,8,13-14,16H2,1H3,(H,25,26). The monoisotopic (exact) mass is 408 g/mol. The van der Waals surface area contributed by atoms with Crippen LogP contribution in [0.4, 0.5) is 5.69 Å². The van der Waals surface area contributed by atoms with Gasteiger partial charge in [0.25, 0.3) is 5.91 Å². The van der Waals surface area contributed by atoms with E-state index in [1.807, 2.05) is 13.0 Å². The van der Waals surface area contributed by atoms with E-state index in [1.54, 1.807) is 48.5 Å². The van der Waals surface area contributed by atoms with Crippen molar-refractivity contribution in [1.29, 1.82) is 5.26 Å². The Balaban J connectivity index is 1.71. The fourth-order valence-corrected chi connectivity index (χ4v) is 2.49. The summed E-state index contributed by atoms with van der Waals surface area (Å²) in [6.45, 7) is 2.00. The van der Waals surface area contributed by atoms with Crippen LogP contribution in [0.3, 0.4) is 0 Å². The van der Waals surface area contributed by atoms with Gasteiger partial charge in [0.1, 0.15) is 0 Å². The molecule has 0 bridgehead atoms. The lowest BCUT2D eigenvalue weighted by molar-refractivity contribution is -0.147. The summed E-state index contributed by atoms with van der Waals surface area (Å²) in [6, 6.07) is 15.3. The molecule has 0 fully saturated rings. The molecule has 0 heterocycles. The highest BCUT2D eigenvalue weighted by molar-refractivity contribution is 5.94. The number of nitriles is 1. The summed E-state index contributed by atoms with van der Waals surface area (Å²) < 4.78 is 10.1. The predicted molar refractivity (Wildman–Crippen MR) is 111 cm³/mol. The van der Waals surface area contributed by atoms with E-state index in [1.165, 1.54) is 0 Å². The maximum atomic E-state index is 11.9. The molecule has 1 N–H and O–H groups in total. The number of nitrogens with zero attached hydrogens (tertiary/aromatic N) is 1. The molecule has 0 atom stereocenters. The molecule has 2 aromatic carbocycles. The second-order valence-corrected chi connectivity index (χ2v) is 6.58. The summed E-state index contributed by atoms with van der Waals surface area (Å²) in [7, 11) is 0. The number of esters is 2. The number of anilines is 1. The lowest BCUT2D eigenvalue weighted by Gasteiger charge is -2.08. The van der Waals surface area contributed by atoms with Gasteiger partial charge in [-0.15, -0.1) is 0 Å². The van der Waals surface area contributed by atoms with Crippen molar-refractivity contribution in [1.82, 2.24) is 0 Å². The van der Waals surface area contributed by atoms with E-state index < -0.39 is 24.5 Å². The quantitative estimate of drug-likeness (QED) is 0.475. The zero-order chi connectivity index (χ0) is 21.8. The van der Waals surface area contributed by atoms with Gasteiger partial charge < -0.3 is 14.8 Å². The first-order chi connectivity index (χ1) is 14.5. The summed E-state index contributed by atoms with van der Waals surface area (Å²) in [5.74, 6) is -1.36. The fraction of sp³-hybridized carbons (Fsp3) is 0.304. The summed E-state index contributed by atoms with van der Waals surface area (Å²) >= 11 is 0. The summed E-state index contributed by atoms with van der Waals surface area (Å²) in [6.07, 6.45) is 2.35. The van der Waals surface area contributed by atoms with Gasteiger partial charge in [-0.25, -0.2) is 4.79 Å². The smallest absolute Gasteiger partial charge is 0.338 e. The highest BCUT2D eigenvalue weighted by atomic mass is 16.5. The predicted octanol–water partition coefficient (Wildman–Crippen LogP) is 3.63. The lowest BCUT2D eigenvalue weighted by Crippen LogP contribution is -2.21. The first kappa shape index (κ1) is 22.6. The lowest BCUT2D eigenvalue weighted by atomic mass is 10.1. The molecule has 156 valence electrons. The second kappa shape index (κ2) is 12.0. The molecule has 0 saturated carbocycles. The number of carbonyl (C=O) groups excluding carboxylic acids is 3. The number of rotatable bonds is 10. The van der Waals surface area contributed by atoms with E-state index in [0.717, 1.165) is 18.4 Å². The number of nitrogens with one attached hydrogen (secondary N) is 1. The van der Waals surface area contributed by atoms with Crippen molar-refractivity contribution in [3.8, 4) is 6.07 Å². The van der Waals surface area contributed by atoms with E-state index >= 15 is 0 Å². The van der Waals surface area contributed by atoms with Crippen LogP contribution in [0, 0.1) is 11.3 Å². The fourth-order valence-electron chi connectivity index (χ4n) is 2.49. The highest BCUT2D eigenvalue weighted by Gasteiger charge is 2.10. The molecule has 1 amide bonds. The number of benzene rings is 2. The largest absolute Gasteiger partial charge is 0.462 e. The Hall–Kier alpha value is -3.66. The van der Waals surface area contributed by atoms with Crippen LogP contribution in [0.1, 0.15) is 47.7 Å². The maximum Gasteiger partial charge on any atom is 0.338 e. The molecular formula is C23H24N2O5. The van der Waals surface area contributed by atoms with Crippen LogP contribution in [0.25, 0.3) is 0 Å². The Morgan fingerprint density at radius 2 is 1.70 bits per heavy atom. The van der Waals surface area contributed by atoms with Gasteiger partial charge >= 0.3 is 11.9 Å². The van der Waals surface area contributed by atoms with Gasteiger partial charge in [-0.05, 0) is 54.8 Å². The van der Waals surface area contributed by atoms with Crippen molar-refractivity contribution in [3.05, 3.63) is 65.2 Å². The van der Waals surface area contributed by atoms with E-state index in [-0.39, 0.29) is 6.42 Å². The Morgan fingerprint density at radius 1 is 1.00 bits per heavy atom. The topological polar surface area (TPSA) is 105 Å². The second-order valence-electron chi connectivity index (χ2n) is 6.58. The van der Waals surface area contributed by atoms with Crippen LogP contribution in [0.15, 0.2) is 48.5 Å². The zero-order valence-electron chi connectivity index (χ0n) is 16.8. The number of hydrogen-bond acceptors (Lipinski definition) is 6. The van der Waals surface area contributed by atoms with Crippen LogP contribution < -0.4 is 5.32 Å². The molecule has 7 heteroatoms. The highest BCUT2D eigenvalue weighted by Crippen LogP contribution is 2.11. The molecule has 0 spiro atoms. The third-order valence-corrected chi connectivity index (χ3v) is 4.20. The zero-order valence-corrected chi connectivity index (χ0v) is 16.8. The molecule has 7 nitrogen and oxygen atoms in total. The van der Waals surface area contributed by atoms with Crippen LogP contribution >= 0.6 is 0 Å². The Bertz CT molecular complexity index is 899. The number of hydrogen-bond donors (Lipinski definition) is 1. The van der Waals surface area contributed by atoms with Crippen molar-refractivity contribution < 1.29 is 23.9 Å². The normalized spacial score (nSPS) is 10.0. The van der Waals surface area contributed by atoms with E-state index in [4.69, 9.17) is 14.7 Å². The first-order valence-electron chi connectivity index (χ1n) is 9.73. The van der Waals surface area contributed by atoms with Gasteiger partial charge in [0, 0.05) is 12.1 Å². The van der Waals surface area contributed by atoms with Crippen molar-refractivity contribution in [3.63, 3.8) is 0 Å². The minimum atomic E-state index is -0.486. The molecule has 0 radical (unpaired) electrons. The summed E-state index contributed by atoms with van der Waals surface area (Å²) in [5.41, 5.74) is 2.35. The Morgan fingerprint density at radius 3 is 2.33 bits per heavy atom. The van der Waals surface area contributed by atoms with Gasteiger partial charge in [0.15, 0.2) is 6.61 Å². The van der Waals surface area contributed by atoms with Crippen LogP contribution in [0.2, 0.25) is 0 Å². The van der Waals surface area contributed by atoms with Gasteiger partial charge in [0.2, 0.25) is 0 Å². The molecule has 0 aliphatic rings. The van der Waals surface area contributed by atoms with Crippen molar-refractivity contribution >= 4 is 23.5 Å². The van der Waals surface area contributed by atoms with E-state index in [2.05, 4.69) is 5.32 Å². The molecule has 2 rings (SSSR count). The van der Waals surface area contributed by atoms with Gasteiger partial charge in [0.05, 0.1) is 23.8 Å². The average molecular weight is 408 g/mol. The van der Waals surface area contributed by atoms with Crippen LogP contribution in [-0.2, 0) is 25.5 Å². The van der Waals surface area contributed by atoms with Gasteiger partial charge in [-0.1, -0.05) is 25.5 Å². The minimum absolute atomic E-state index is 0.133. The third kappa shape index (κ3) is 7.76. The molecule has 0 unspecified atom stereocenters. The number of carbonyl (C=O) groups is 3. The number of ether oxygens (including phenoxy) is 2. The summed E-state index contributed by atoms with van der Waals surface area (Å²) in [5, 5.41) is 11.4. The molecule has 0 aliphatic carbocycles. The third-order valence-electron chi connectivity index (χ3n) is 4.20. The Labute approximate surface area is 175 Å².